The molecule has 1 heterocycles. The third-order valence-corrected chi connectivity index (χ3v) is 8.16. The summed E-state index contributed by atoms with van der Waals surface area (Å²) >= 11 is 0. The normalized spacial score (nSPS) is 35.4. The standard InChI is InChI=1S/C25H31NO3/c1-25-12-11-20-19-8-6-18(29-24(28)17-4-3-13-26(2)15-17)14-16(19)5-7-21(20)22(25)9-10-23(25)27/h3,6,8,13-15,20-23,27H,4-5,7,9-12H2,1-2H3/t20-,21-,22+,23+,25+/m1/s1. The Balaban J connectivity index is 1.34. The van der Waals surface area contributed by atoms with Gasteiger partial charge in [-0.05, 0) is 91.2 Å². The minimum Gasteiger partial charge on any atom is -0.423 e. The number of rotatable bonds is 2. The minimum absolute atomic E-state index is 0.115. The summed E-state index contributed by atoms with van der Waals surface area (Å²) in [5.41, 5.74) is 3.58. The SMILES string of the molecule is CN1C=CCC(C(=O)Oc2ccc3c(c2)CC[C@@H]2[C@@H]3CC[C@]3(C)[C@@H](O)CC[C@@H]23)=C1. The van der Waals surface area contributed by atoms with Gasteiger partial charge in [-0.25, -0.2) is 4.79 Å². The highest BCUT2D eigenvalue weighted by Gasteiger charge is 2.54. The molecule has 0 unspecified atom stereocenters. The quantitative estimate of drug-likeness (QED) is 0.592. The Morgan fingerprint density at radius 1 is 1.24 bits per heavy atom. The number of fused-ring (bicyclic) bond motifs is 5. The van der Waals surface area contributed by atoms with Crippen LogP contribution in [-0.2, 0) is 11.2 Å². The number of ether oxygens (including phenoxy) is 1. The summed E-state index contributed by atoms with van der Waals surface area (Å²) in [5, 5.41) is 10.6. The molecule has 1 aromatic carbocycles. The summed E-state index contributed by atoms with van der Waals surface area (Å²) in [6.45, 7) is 2.32. The Hall–Kier alpha value is -2.07. The molecule has 1 N–H and O–H groups in total. The summed E-state index contributed by atoms with van der Waals surface area (Å²) in [6, 6.07) is 6.26. The van der Waals surface area contributed by atoms with E-state index >= 15 is 0 Å². The Labute approximate surface area is 173 Å². The van der Waals surface area contributed by atoms with Crippen LogP contribution in [0.25, 0.3) is 0 Å². The maximum atomic E-state index is 12.5. The van der Waals surface area contributed by atoms with E-state index in [0.717, 1.165) is 25.7 Å². The number of aliphatic hydroxyl groups excluding tert-OH is 1. The van der Waals surface area contributed by atoms with E-state index in [-0.39, 0.29) is 17.5 Å². The Morgan fingerprint density at radius 3 is 2.93 bits per heavy atom. The molecule has 4 aliphatic rings. The lowest BCUT2D eigenvalue weighted by Crippen LogP contribution is -2.43. The summed E-state index contributed by atoms with van der Waals surface area (Å²) < 4.78 is 5.70. The van der Waals surface area contributed by atoms with Crippen molar-refractivity contribution in [3.05, 3.63) is 53.4 Å². The fourth-order valence-electron chi connectivity index (χ4n) is 6.59. The average Bonchev–Trinajstić information content (AvgIpc) is 3.02. The number of aliphatic hydroxyl groups is 1. The number of hydrogen-bond donors (Lipinski definition) is 1. The van der Waals surface area contributed by atoms with Gasteiger partial charge >= 0.3 is 5.97 Å². The van der Waals surface area contributed by atoms with Gasteiger partial charge in [0.1, 0.15) is 5.75 Å². The number of carbonyl (C=O) groups excluding carboxylic acids is 1. The molecule has 29 heavy (non-hydrogen) atoms. The van der Waals surface area contributed by atoms with Crippen LogP contribution >= 0.6 is 0 Å². The summed E-state index contributed by atoms with van der Waals surface area (Å²) in [6.07, 6.45) is 12.9. The van der Waals surface area contributed by atoms with E-state index in [9.17, 15) is 9.90 Å². The molecule has 0 amide bonds. The maximum absolute atomic E-state index is 12.5. The lowest BCUT2D eigenvalue weighted by molar-refractivity contribution is -0.130. The van der Waals surface area contributed by atoms with Crippen LogP contribution in [0.2, 0.25) is 0 Å². The van der Waals surface area contributed by atoms with Crippen molar-refractivity contribution in [2.45, 2.75) is 63.9 Å². The number of benzene rings is 1. The molecule has 2 saturated carbocycles. The van der Waals surface area contributed by atoms with Gasteiger partial charge in [0.05, 0.1) is 11.7 Å². The molecule has 0 radical (unpaired) electrons. The second-order valence-corrected chi connectivity index (χ2v) is 9.71. The molecule has 3 aliphatic carbocycles. The fourth-order valence-corrected chi connectivity index (χ4v) is 6.59. The maximum Gasteiger partial charge on any atom is 0.341 e. The van der Waals surface area contributed by atoms with Gasteiger partial charge in [0.2, 0.25) is 0 Å². The molecule has 2 fully saturated rings. The van der Waals surface area contributed by atoms with Crippen molar-refractivity contribution in [3.8, 4) is 5.75 Å². The van der Waals surface area contributed by atoms with Crippen LogP contribution < -0.4 is 4.74 Å². The molecular weight excluding hydrogens is 362 g/mol. The van der Waals surface area contributed by atoms with Crippen LogP contribution in [-0.4, -0.2) is 29.1 Å². The molecular formula is C25H31NO3. The van der Waals surface area contributed by atoms with E-state index in [1.54, 1.807) is 0 Å². The van der Waals surface area contributed by atoms with Crippen LogP contribution in [0.5, 0.6) is 5.75 Å². The Kier molecular flexibility index (Phi) is 4.58. The first-order valence-corrected chi connectivity index (χ1v) is 11.1. The molecule has 0 bridgehead atoms. The van der Waals surface area contributed by atoms with Crippen LogP contribution in [0.4, 0.5) is 0 Å². The number of nitrogens with zero attached hydrogens (tertiary/aromatic N) is 1. The van der Waals surface area contributed by atoms with E-state index in [1.807, 2.05) is 36.5 Å². The molecule has 1 aliphatic heterocycles. The van der Waals surface area contributed by atoms with Gasteiger partial charge < -0.3 is 14.7 Å². The lowest BCUT2D eigenvalue weighted by Gasteiger charge is -2.50. The van der Waals surface area contributed by atoms with Crippen molar-refractivity contribution in [1.29, 1.82) is 0 Å². The topological polar surface area (TPSA) is 49.8 Å². The van der Waals surface area contributed by atoms with Gasteiger partial charge in [0, 0.05) is 19.7 Å². The van der Waals surface area contributed by atoms with Crippen LogP contribution in [0.1, 0.15) is 62.5 Å². The number of carbonyl (C=O) groups is 1. The van der Waals surface area contributed by atoms with Gasteiger partial charge in [-0.3, -0.25) is 0 Å². The molecule has 154 valence electrons. The predicted molar refractivity (Wildman–Crippen MR) is 112 cm³/mol. The zero-order valence-electron chi connectivity index (χ0n) is 17.4. The summed E-state index contributed by atoms with van der Waals surface area (Å²) in [5.74, 6) is 2.31. The monoisotopic (exact) mass is 393 g/mol. The highest BCUT2D eigenvalue weighted by atomic mass is 16.5. The van der Waals surface area contributed by atoms with Gasteiger partial charge in [-0.1, -0.05) is 19.1 Å². The van der Waals surface area contributed by atoms with Gasteiger partial charge in [-0.2, -0.15) is 0 Å². The summed E-state index contributed by atoms with van der Waals surface area (Å²) in [7, 11) is 1.91. The zero-order chi connectivity index (χ0) is 20.2. The fraction of sp³-hybridized carbons (Fsp3) is 0.560. The van der Waals surface area contributed by atoms with Crippen LogP contribution in [0.15, 0.2) is 42.2 Å². The molecule has 4 nitrogen and oxygen atoms in total. The van der Waals surface area contributed by atoms with Crippen LogP contribution in [0.3, 0.4) is 0 Å². The predicted octanol–water partition coefficient (Wildman–Crippen LogP) is 4.54. The molecule has 0 aromatic heterocycles. The van der Waals surface area contributed by atoms with E-state index in [2.05, 4.69) is 19.1 Å². The number of esters is 1. The molecule has 0 saturated heterocycles. The summed E-state index contributed by atoms with van der Waals surface area (Å²) in [4.78, 5) is 14.4. The molecule has 5 rings (SSSR count). The van der Waals surface area contributed by atoms with Crippen molar-refractivity contribution in [3.63, 3.8) is 0 Å². The number of allylic oxidation sites excluding steroid dienone is 1. The van der Waals surface area contributed by atoms with Crippen molar-refractivity contribution in [2.75, 3.05) is 7.05 Å². The zero-order valence-corrected chi connectivity index (χ0v) is 17.4. The van der Waals surface area contributed by atoms with Crippen LogP contribution in [0, 0.1) is 17.3 Å². The number of hydrogen-bond acceptors (Lipinski definition) is 4. The molecule has 0 spiro atoms. The molecule has 4 heteroatoms. The average molecular weight is 394 g/mol. The second kappa shape index (κ2) is 7.02. The van der Waals surface area contributed by atoms with E-state index in [0.29, 0.717) is 35.5 Å². The second-order valence-electron chi connectivity index (χ2n) is 9.71. The minimum atomic E-state index is -0.261. The molecule has 1 aromatic rings. The largest absolute Gasteiger partial charge is 0.423 e. The van der Waals surface area contributed by atoms with E-state index in [1.165, 1.54) is 24.0 Å². The first-order valence-electron chi connectivity index (χ1n) is 11.1. The van der Waals surface area contributed by atoms with Gasteiger partial charge in [0.25, 0.3) is 0 Å². The first-order chi connectivity index (χ1) is 14.0. The third-order valence-electron chi connectivity index (χ3n) is 8.16. The Bertz CT molecular complexity index is 888. The first kappa shape index (κ1) is 18.9. The molecule has 5 atom stereocenters. The lowest BCUT2D eigenvalue weighted by atomic mass is 9.55. The highest BCUT2D eigenvalue weighted by molar-refractivity contribution is 5.90. The van der Waals surface area contributed by atoms with Crippen molar-refractivity contribution in [2.24, 2.45) is 17.3 Å². The highest BCUT2D eigenvalue weighted by Crippen LogP contribution is 2.60. The van der Waals surface area contributed by atoms with Crippen molar-refractivity contribution < 1.29 is 14.6 Å². The van der Waals surface area contributed by atoms with Crippen molar-refractivity contribution in [1.82, 2.24) is 4.90 Å². The van der Waals surface area contributed by atoms with E-state index < -0.39 is 0 Å². The van der Waals surface area contributed by atoms with E-state index in [4.69, 9.17) is 4.74 Å². The number of aryl methyl sites for hydroxylation is 1. The third kappa shape index (κ3) is 3.13. The smallest absolute Gasteiger partial charge is 0.341 e. The Morgan fingerprint density at radius 2 is 2.10 bits per heavy atom. The van der Waals surface area contributed by atoms with Gasteiger partial charge in [-0.15, -0.1) is 0 Å². The van der Waals surface area contributed by atoms with Crippen molar-refractivity contribution >= 4 is 5.97 Å². The van der Waals surface area contributed by atoms with Gasteiger partial charge in [0.15, 0.2) is 0 Å².